The van der Waals surface area contributed by atoms with Crippen LogP contribution in [0.1, 0.15) is 20.8 Å². The molecular weight excluding hydrogens is 157 g/mol. The van der Waals surface area contributed by atoms with Crippen LogP contribution < -0.4 is 29.6 Å². The summed E-state index contributed by atoms with van der Waals surface area (Å²) in [5, 5.41) is 14.2. The Labute approximate surface area is 88.5 Å². The van der Waals surface area contributed by atoms with E-state index >= 15 is 0 Å². The molecule has 0 aliphatic heterocycles. The van der Waals surface area contributed by atoms with Crippen molar-refractivity contribution in [3.63, 3.8) is 0 Å². The molecule has 0 N–H and O–H groups in total. The Morgan fingerprint density at radius 1 is 1.55 bits per heavy atom. The molecule has 0 unspecified atom stereocenters. The van der Waals surface area contributed by atoms with Crippen LogP contribution >= 0.6 is 0 Å². The van der Waals surface area contributed by atoms with Gasteiger partial charge in [-0.3, -0.25) is 5.28 Å². The SMILES string of the molecule is CCN(C(C)C)N([O-])N=O.[Na+]. The summed E-state index contributed by atoms with van der Waals surface area (Å²) in [6, 6.07) is 0.0141. The van der Waals surface area contributed by atoms with Crippen LogP contribution in [-0.4, -0.2) is 22.9 Å². The molecule has 0 radical (unpaired) electrons. The summed E-state index contributed by atoms with van der Waals surface area (Å²) >= 11 is 0. The van der Waals surface area contributed by atoms with E-state index in [-0.39, 0.29) is 40.9 Å². The molecule has 0 bridgehead atoms. The molecule has 0 rings (SSSR count). The first kappa shape index (κ1) is 13.9. The van der Waals surface area contributed by atoms with Gasteiger partial charge < -0.3 is 5.21 Å². The predicted molar refractivity (Wildman–Crippen MR) is 38.5 cm³/mol. The second-order valence-corrected chi connectivity index (χ2v) is 2.18. The molecule has 0 saturated carbocycles. The number of nitrogens with zero attached hydrogens (tertiary/aromatic N) is 3. The molecule has 0 aromatic rings. The minimum atomic E-state index is 0. The van der Waals surface area contributed by atoms with Crippen molar-refractivity contribution in [1.29, 1.82) is 0 Å². The van der Waals surface area contributed by atoms with Crippen LogP contribution in [0.2, 0.25) is 0 Å². The van der Waals surface area contributed by atoms with Gasteiger partial charge in [0.2, 0.25) is 0 Å². The van der Waals surface area contributed by atoms with Crippen LogP contribution in [0.3, 0.4) is 0 Å². The average Bonchev–Trinajstić information content (AvgIpc) is 1.88. The Hall–Kier alpha value is 0.320. The van der Waals surface area contributed by atoms with Crippen LogP contribution in [0.4, 0.5) is 0 Å². The largest absolute Gasteiger partial charge is 1.00 e. The summed E-state index contributed by atoms with van der Waals surface area (Å²) in [6.07, 6.45) is 0. The van der Waals surface area contributed by atoms with Gasteiger partial charge in [-0.1, -0.05) is 6.92 Å². The zero-order chi connectivity index (χ0) is 8.15. The van der Waals surface area contributed by atoms with E-state index < -0.39 is 0 Å². The molecule has 60 valence electrons. The molecule has 0 atom stereocenters. The summed E-state index contributed by atoms with van der Waals surface area (Å²) in [5.41, 5.74) is 0. The van der Waals surface area contributed by atoms with Gasteiger partial charge in [0.1, 0.15) is 0 Å². The van der Waals surface area contributed by atoms with E-state index in [2.05, 4.69) is 5.29 Å². The smallest absolute Gasteiger partial charge is 0.724 e. The Morgan fingerprint density at radius 2 is 2.00 bits per heavy atom. The maximum Gasteiger partial charge on any atom is 1.00 e. The Kier molecular flexibility index (Phi) is 8.83. The standard InChI is InChI=1S/C5H12N3O2.Na/c1-4-7(5(2)3)8(10)6-9;/h5H,4H2,1-3H3;/q-1;+1. The molecule has 6 heteroatoms. The van der Waals surface area contributed by atoms with E-state index in [0.29, 0.717) is 6.54 Å². The third-order valence-electron chi connectivity index (χ3n) is 1.21. The van der Waals surface area contributed by atoms with Gasteiger partial charge in [-0.2, -0.15) is 0 Å². The van der Waals surface area contributed by atoms with Gasteiger partial charge in [-0.15, -0.1) is 4.91 Å². The summed E-state index contributed by atoms with van der Waals surface area (Å²) in [7, 11) is 0. The summed E-state index contributed by atoms with van der Waals surface area (Å²) in [6.45, 7) is 5.92. The predicted octanol–water partition coefficient (Wildman–Crippen LogP) is -1.88. The summed E-state index contributed by atoms with van der Waals surface area (Å²) in [5.74, 6) is 0. The number of nitroso groups, excluding NO2 is 1. The topological polar surface area (TPSA) is 59.0 Å². The van der Waals surface area contributed by atoms with E-state index in [4.69, 9.17) is 0 Å². The molecule has 5 nitrogen and oxygen atoms in total. The van der Waals surface area contributed by atoms with Crippen molar-refractivity contribution in [3.8, 4) is 0 Å². The van der Waals surface area contributed by atoms with Crippen molar-refractivity contribution in [2.75, 3.05) is 6.54 Å². The fourth-order valence-electron chi connectivity index (χ4n) is 0.731. The van der Waals surface area contributed by atoms with Crippen molar-refractivity contribution >= 4 is 0 Å². The van der Waals surface area contributed by atoms with Gasteiger partial charge in [-0.05, 0) is 13.8 Å². The van der Waals surface area contributed by atoms with Crippen molar-refractivity contribution < 1.29 is 29.6 Å². The maximum atomic E-state index is 10.5. The third-order valence-corrected chi connectivity index (χ3v) is 1.21. The zero-order valence-corrected chi connectivity index (χ0v) is 9.44. The number of hydrogen-bond donors (Lipinski definition) is 0. The molecule has 0 aromatic carbocycles. The van der Waals surface area contributed by atoms with Crippen molar-refractivity contribution in [2.45, 2.75) is 26.8 Å². The second-order valence-electron chi connectivity index (χ2n) is 2.18. The van der Waals surface area contributed by atoms with E-state index in [1.807, 2.05) is 13.8 Å². The maximum absolute atomic E-state index is 10.5. The van der Waals surface area contributed by atoms with Crippen LogP contribution in [-0.2, 0) is 0 Å². The first-order valence-corrected chi connectivity index (χ1v) is 3.20. The zero-order valence-electron chi connectivity index (χ0n) is 7.44. The van der Waals surface area contributed by atoms with E-state index in [1.165, 1.54) is 5.01 Å². The third kappa shape index (κ3) is 4.71. The summed E-state index contributed by atoms with van der Waals surface area (Å²) in [4.78, 5) is 9.73. The molecule has 0 aromatic heterocycles. The van der Waals surface area contributed by atoms with Crippen LogP contribution in [0.5, 0.6) is 0 Å². The average molecular weight is 169 g/mol. The van der Waals surface area contributed by atoms with Crippen LogP contribution in [0, 0.1) is 10.1 Å². The fourth-order valence-corrected chi connectivity index (χ4v) is 0.731. The van der Waals surface area contributed by atoms with Gasteiger partial charge >= 0.3 is 29.6 Å². The van der Waals surface area contributed by atoms with E-state index in [9.17, 15) is 10.1 Å². The molecule has 0 aliphatic carbocycles. The van der Waals surface area contributed by atoms with Crippen molar-refractivity contribution in [1.82, 2.24) is 10.3 Å². The normalized spacial score (nSPS) is 9.64. The molecule has 11 heavy (non-hydrogen) atoms. The van der Waals surface area contributed by atoms with Gasteiger partial charge in [0.15, 0.2) is 0 Å². The fraction of sp³-hybridized carbons (Fsp3) is 1.00. The monoisotopic (exact) mass is 169 g/mol. The van der Waals surface area contributed by atoms with E-state index in [1.54, 1.807) is 6.92 Å². The number of rotatable bonds is 4. The summed E-state index contributed by atoms with van der Waals surface area (Å²) < 4.78 is 0. The van der Waals surface area contributed by atoms with Crippen LogP contribution in [0.15, 0.2) is 5.29 Å². The number of hydrazine groups is 1. The molecule has 0 heterocycles. The molecule has 0 fully saturated rings. The minimum absolute atomic E-state index is 0. The quantitative estimate of drug-likeness (QED) is 0.281. The first-order chi connectivity index (χ1) is 4.63. The van der Waals surface area contributed by atoms with Crippen molar-refractivity contribution in [3.05, 3.63) is 10.1 Å². The Balaban J connectivity index is 0. The molecule has 0 amide bonds. The van der Waals surface area contributed by atoms with Gasteiger partial charge in [0, 0.05) is 12.6 Å². The van der Waals surface area contributed by atoms with Gasteiger partial charge in [0.25, 0.3) is 0 Å². The molecule has 0 saturated heterocycles. The second kappa shape index (κ2) is 7.00. The van der Waals surface area contributed by atoms with Crippen LogP contribution in [0.25, 0.3) is 0 Å². The van der Waals surface area contributed by atoms with E-state index in [0.717, 1.165) is 0 Å². The Bertz CT molecular complexity index is 112. The van der Waals surface area contributed by atoms with Crippen molar-refractivity contribution in [2.24, 2.45) is 5.29 Å². The minimum Gasteiger partial charge on any atom is -0.724 e. The molecular formula is C5H12N3NaO2. The van der Waals surface area contributed by atoms with Gasteiger partial charge in [-0.25, -0.2) is 5.01 Å². The molecule has 0 spiro atoms. The number of hydrogen-bond acceptors (Lipinski definition) is 4. The molecule has 0 aliphatic rings. The van der Waals surface area contributed by atoms with Gasteiger partial charge in [0.05, 0.1) is 5.29 Å². The first-order valence-electron chi connectivity index (χ1n) is 3.20. The Morgan fingerprint density at radius 3 is 2.09 bits per heavy atom.